The SMILES string of the molecule is Cn1cc(C#Cc2cnc(Cl)cc2N2CCC3(CCNCC3)C2=O)cn1. The molecule has 134 valence electrons. The van der Waals surface area contributed by atoms with E-state index >= 15 is 0 Å². The molecule has 0 saturated carbocycles. The fourth-order valence-electron chi connectivity index (χ4n) is 3.78. The topological polar surface area (TPSA) is 63.1 Å². The Labute approximate surface area is 157 Å². The molecule has 1 N–H and O–H groups in total. The highest BCUT2D eigenvalue weighted by Gasteiger charge is 2.47. The van der Waals surface area contributed by atoms with Gasteiger partial charge in [0.25, 0.3) is 0 Å². The molecule has 2 aliphatic heterocycles. The van der Waals surface area contributed by atoms with Crippen molar-refractivity contribution >= 4 is 23.2 Å². The van der Waals surface area contributed by atoms with Gasteiger partial charge in [-0.1, -0.05) is 23.4 Å². The van der Waals surface area contributed by atoms with Crippen molar-refractivity contribution in [3.05, 3.63) is 40.9 Å². The average molecular weight is 370 g/mol. The number of pyridine rings is 1. The summed E-state index contributed by atoms with van der Waals surface area (Å²) in [7, 11) is 1.85. The van der Waals surface area contributed by atoms with Crippen LogP contribution in [0.5, 0.6) is 0 Å². The molecule has 2 aromatic heterocycles. The molecule has 0 unspecified atom stereocenters. The molecule has 1 spiro atoms. The molecular formula is C19H20ClN5O. The minimum atomic E-state index is -0.241. The van der Waals surface area contributed by atoms with Crippen LogP contribution in [0.3, 0.4) is 0 Å². The third-order valence-electron chi connectivity index (χ3n) is 5.26. The van der Waals surface area contributed by atoms with Gasteiger partial charge in [0.05, 0.1) is 28.4 Å². The maximum Gasteiger partial charge on any atom is 0.233 e. The highest BCUT2D eigenvalue weighted by molar-refractivity contribution is 6.29. The summed E-state index contributed by atoms with van der Waals surface area (Å²) < 4.78 is 1.70. The van der Waals surface area contributed by atoms with E-state index in [2.05, 4.69) is 27.2 Å². The Balaban J connectivity index is 1.67. The van der Waals surface area contributed by atoms with Crippen LogP contribution in [0.25, 0.3) is 0 Å². The van der Waals surface area contributed by atoms with Crippen LogP contribution < -0.4 is 10.2 Å². The summed E-state index contributed by atoms with van der Waals surface area (Å²) in [5, 5.41) is 7.83. The molecule has 4 heterocycles. The second-order valence-electron chi connectivity index (χ2n) is 6.91. The van der Waals surface area contributed by atoms with E-state index in [1.165, 1.54) is 0 Å². The predicted molar refractivity (Wildman–Crippen MR) is 99.9 cm³/mol. The summed E-state index contributed by atoms with van der Waals surface area (Å²) in [5.41, 5.74) is 2.03. The molecule has 0 atom stereocenters. The van der Waals surface area contributed by atoms with Gasteiger partial charge < -0.3 is 10.2 Å². The number of aryl methyl sites for hydroxylation is 1. The van der Waals surface area contributed by atoms with Crippen molar-refractivity contribution in [2.75, 3.05) is 24.5 Å². The zero-order chi connectivity index (χ0) is 18.1. The smallest absolute Gasteiger partial charge is 0.233 e. The molecule has 2 aromatic rings. The molecule has 0 aliphatic carbocycles. The monoisotopic (exact) mass is 369 g/mol. The lowest BCUT2D eigenvalue weighted by Crippen LogP contribution is -2.42. The van der Waals surface area contributed by atoms with E-state index in [0.29, 0.717) is 17.3 Å². The number of hydrogen-bond acceptors (Lipinski definition) is 4. The number of rotatable bonds is 1. The van der Waals surface area contributed by atoms with E-state index in [4.69, 9.17) is 11.6 Å². The van der Waals surface area contributed by atoms with Crippen molar-refractivity contribution in [2.24, 2.45) is 12.5 Å². The minimum absolute atomic E-state index is 0.186. The summed E-state index contributed by atoms with van der Waals surface area (Å²) in [6.45, 7) is 2.48. The summed E-state index contributed by atoms with van der Waals surface area (Å²) in [4.78, 5) is 19.2. The van der Waals surface area contributed by atoms with Crippen LogP contribution in [0, 0.1) is 17.3 Å². The summed E-state index contributed by atoms with van der Waals surface area (Å²) in [5.74, 6) is 6.40. The van der Waals surface area contributed by atoms with Crippen molar-refractivity contribution in [1.29, 1.82) is 0 Å². The van der Waals surface area contributed by atoms with E-state index in [9.17, 15) is 4.79 Å². The molecule has 2 saturated heterocycles. The van der Waals surface area contributed by atoms with Gasteiger partial charge in [-0.2, -0.15) is 5.10 Å². The number of aromatic nitrogens is 3. The van der Waals surface area contributed by atoms with Crippen LogP contribution in [-0.2, 0) is 11.8 Å². The Morgan fingerprint density at radius 1 is 1.23 bits per heavy atom. The molecule has 7 heteroatoms. The molecular weight excluding hydrogens is 350 g/mol. The Bertz CT molecular complexity index is 904. The van der Waals surface area contributed by atoms with Gasteiger partial charge in [0.2, 0.25) is 5.91 Å². The van der Waals surface area contributed by atoms with Crippen molar-refractivity contribution in [1.82, 2.24) is 20.1 Å². The van der Waals surface area contributed by atoms with Crippen molar-refractivity contribution < 1.29 is 4.79 Å². The van der Waals surface area contributed by atoms with E-state index in [1.807, 2.05) is 18.1 Å². The first-order valence-electron chi connectivity index (χ1n) is 8.76. The predicted octanol–water partition coefficient (Wildman–Crippen LogP) is 1.97. The second-order valence-corrected chi connectivity index (χ2v) is 7.30. The van der Waals surface area contributed by atoms with Gasteiger partial charge in [0.1, 0.15) is 5.15 Å². The summed E-state index contributed by atoms with van der Waals surface area (Å²) in [6.07, 6.45) is 7.85. The Hall–Kier alpha value is -2.36. The van der Waals surface area contributed by atoms with Crippen molar-refractivity contribution in [3.63, 3.8) is 0 Å². The molecule has 0 radical (unpaired) electrons. The normalized spacial score (nSPS) is 18.8. The lowest BCUT2D eigenvalue weighted by Gasteiger charge is -2.32. The second kappa shape index (κ2) is 6.75. The van der Waals surface area contributed by atoms with Crippen LogP contribution >= 0.6 is 11.6 Å². The maximum absolute atomic E-state index is 13.2. The molecule has 4 rings (SSSR count). The molecule has 1 amide bonds. The fourth-order valence-corrected chi connectivity index (χ4v) is 3.94. The number of anilines is 1. The number of halogens is 1. The number of nitrogens with one attached hydrogen (secondary N) is 1. The van der Waals surface area contributed by atoms with E-state index in [0.717, 1.165) is 43.6 Å². The zero-order valence-corrected chi connectivity index (χ0v) is 15.4. The highest BCUT2D eigenvalue weighted by atomic mass is 35.5. The van der Waals surface area contributed by atoms with Gasteiger partial charge in [0.15, 0.2) is 0 Å². The van der Waals surface area contributed by atoms with Crippen LogP contribution in [0.4, 0.5) is 5.69 Å². The van der Waals surface area contributed by atoms with E-state index < -0.39 is 0 Å². The first-order chi connectivity index (χ1) is 12.6. The van der Waals surface area contributed by atoms with Gasteiger partial charge >= 0.3 is 0 Å². The fraction of sp³-hybridized carbons (Fsp3) is 0.421. The third-order valence-corrected chi connectivity index (χ3v) is 5.47. The zero-order valence-electron chi connectivity index (χ0n) is 14.6. The lowest BCUT2D eigenvalue weighted by atomic mass is 9.77. The largest absolute Gasteiger partial charge is 0.317 e. The van der Waals surface area contributed by atoms with Crippen LogP contribution in [0.1, 0.15) is 30.4 Å². The van der Waals surface area contributed by atoms with Crippen LogP contribution in [-0.4, -0.2) is 40.3 Å². The number of piperidine rings is 1. The van der Waals surface area contributed by atoms with Gasteiger partial charge in [0, 0.05) is 32.1 Å². The number of hydrogen-bond donors (Lipinski definition) is 1. The van der Waals surface area contributed by atoms with Gasteiger partial charge in [-0.15, -0.1) is 0 Å². The first kappa shape index (κ1) is 17.1. The number of amides is 1. The quantitative estimate of drug-likeness (QED) is 0.616. The molecule has 0 aromatic carbocycles. The molecule has 26 heavy (non-hydrogen) atoms. The minimum Gasteiger partial charge on any atom is -0.317 e. The third kappa shape index (κ3) is 3.09. The average Bonchev–Trinajstić information content (AvgIpc) is 3.19. The molecule has 2 aliphatic rings. The van der Waals surface area contributed by atoms with Gasteiger partial charge in [-0.3, -0.25) is 9.48 Å². The first-order valence-corrected chi connectivity index (χ1v) is 9.14. The summed E-state index contributed by atoms with van der Waals surface area (Å²) in [6, 6.07) is 1.74. The maximum atomic E-state index is 13.2. The summed E-state index contributed by atoms with van der Waals surface area (Å²) >= 11 is 6.12. The molecule has 6 nitrogen and oxygen atoms in total. The van der Waals surface area contributed by atoms with Crippen molar-refractivity contribution in [3.8, 4) is 11.8 Å². The Kier molecular flexibility index (Phi) is 4.43. The van der Waals surface area contributed by atoms with E-state index in [1.54, 1.807) is 23.1 Å². The standard InChI is InChI=1S/C19H20ClN5O/c1-24-13-14(11-23-24)2-3-15-12-22-17(20)10-16(15)25-9-6-19(18(25)26)4-7-21-8-5-19/h10-13,21H,4-9H2,1H3. The van der Waals surface area contributed by atoms with Crippen LogP contribution in [0.15, 0.2) is 24.7 Å². The number of carbonyl (C=O) groups excluding carboxylic acids is 1. The Morgan fingerprint density at radius 3 is 2.77 bits per heavy atom. The van der Waals surface area contributed by atoms with E-state index in [-0.39, 0.29) is 11.3 Å². The van der Waals surface area contributed by atoms with Crippen molar-refractivity contribution in [2.45, 2.75) is 19.3 Å². The van der Waals surface area contributed by atoms with Gasteiger partial charge in [-0.25, -0.2) is 4.98 Å². The number of carbonyl (C=O) groups is 1. The molecule has 0 bridgehead atoms. The lowest BCUT2D eigenvalue weighted by molar-refractivity contribution is -0.126. The highest BCUT2D eigenvalue weighted by Crippen LogP contribution is 2.42. The van der Waals surface area contributed by atoms with Gasteiger partial charge in [-0.05, 0) is 32.4 Å². The Morgan fingerprint density at radius 2 is 2.04 bits per heavy atom. The number of nitrogens with zero attached hydrogens (tertiary/aromatic N) is 4. The van der Waals surface area contributed by atoms with Crippen LogP contribution in [0.2, 0.25) is 5.15 Å². The molecule has 2 fully saturated rings.